The molecule has 2 N–H and O–H groups in total. The lowest BCUT2D eigenvalue weighted by Crippen LogP contribution is -1.82. The molecule has 0 aliphatic carbocycles. The molecule has 11 heavy (non-hydrogen) atoms. The minimum atomic E-state index is -0.258. The second-order valence-corrected chi connectivity index (χ2v) is 1.82. The van der Waals surface area contributed by atoms with Crippen LogP contribution in [-0.2, 0) is 0 Å². The summed E-state index contributed by atoms with van der Waals surface area (Å²) in [4.78, 5) is 0. The number of nitrogens with zero attached hydrogens (tertiary/aromatic N) is 1. The third-order valence-electron chi connectivity index (χ3n) is 1.12. The Morgan fingerprint density at radius 3 is 2.27 bits per heavy atom. The Hall–Kier alpha value is -1.89. The molecule has 0 atom stereocenters. The molecule has 1 aromatic rings. The highest BCUT2D eigenvalue weighted by Crippen LogP contribution is 2.34. The number of rotatable bonds is 1. The van der Waals surface area contributed by atoms with Crippen molar-refractivity contribution in [2.75, 3.05) is 0 Å². The number of nitriles is 1. The highest BCUT2D eigenvalue weighted by atomic mass is 16.5. The van der Waals surface area contributed by atoms with Crippen molar-refractivity contribution < 1.29 is 14.9 Å². The molecule has 0 radical (unpaired) electrons. The molecular formula is C7H5NO3. The average molecular weight is 151 g/mol. The van der Waals surface area contributed by atoms with E-state index in [0.29, 0.717) is 0 Å². The molecule has 1 aromatic carbocycles. The Bertz CT molecular complexity index is 283. The van der Waals surface area contributed by atoms with Gasteiger partial charge in [0.2, 0.25) is 5.75 Å². The molecule has 56 valence electrons. The van der Waals surface area contributed by atoms with Gasteiger partial charge in [-0.15, -0.1) is 5.26 Å². The van der Waals surface area contributed by atoms with E-state index in [2.05, 4.69) is 4.74 Å². The van der Waals surface area contributed by atoms with Crippen LogP contribution in [0.1, 0.15) is 0 Å². The van der Waals surface area contributed by atoms with Gasteiger partial charge in [0.1, 0.15) is 0 Å². The number of phenols is 2. The minimum absolute atomic E-state index is 0.213. The Morgan fingerprint density at radius 1 is 1.27 bits per heavy atom. The zero-order valence-corrected chi connectivity index (χ0v) is 5.48. The summed E-state index contributed by atoms with van der Waals surface area (Å²) in [6, 6.07) is 4.06. The van der Waals surface area contributed by atoms with E-state index in [4.69, 9.17) is 15.5 Å². The van der Waals surface area contributed by atoms with Crippen molar-refractivity contribution in [1.29, 1.82) is 5.26 Å². The SMILES string of the molecule is N#COc1c(O)cccc1O. The fraction of sp³-hybridized carbons (Fsp3) is 0. The van der Waals surface area contributed by atoms with E-state index in [1.807, 2.05) is 0 Å². The summed E-state index contributed by atoms with van der Waals surface area (Å²) in [5, 5.41) is 26.0. The predicted octanol–water partition coefficient (Wildman–Crippen LogP) is 0.958. The zero-order chi connectivity index (χ0) is 8.27. The maximum absolute atomic E-state index is 8.99. The first-order valence-corrected chi connectivity index (χ1v) is 2.82. The van der Waals surface area contributed by atoms with Gasteiger partial charge in [-0.05, 0) is 12.1 Å². The zero-order valence-electron chi connectivity index (χ0n) is 5.48. The molecular weight excluding hydrogens is 146 g/mol. The van der Waals surface area contributed by atoms with Crippen LogP contribution in [0, 0.1) is 11.5 Å². The molecule has 0 saturated carbocycles. The summed E-state index contributed by atoms with van der Waals surface area (Å²) in [5.41, 5.74) is 0. The van der Waals surface area contributed by atoms with E-state index in [9.17, 15) is 0 Å². The normalized spacial score (nSPS) is 8.64. The van der Waals surface area contributed by atoms with Crippen molar-refractivity contribution in [3.8, 4) is 23.5 Å². The Morgan fingerprint density at radius 2 is 1.82 bits per heavy atom. The summed E-state index contributed by atoms with van der Waals surface area (Å²) in [7, 11) is 0. The first-order valence-electron chi connectivity index (χ1n) is 2.82. The Kier molecular flexibility index (Phi) is 1.83. The lowest BCUT2D eigenvalue weighted by atomic mass is 10.3. The number of hydrogen-bond donors (Lipinski definition) is 2. The first-order chi connectivity index (χ1) is 5.25. The van der Waals surface area contributed by atoms with Crippen molar-refractivity contribution in [3.63, 3.8) is 0 Å². The third-order valence-corrected chi connectivity index (χ3v) is 1.12. The van der Waals surface area contributed by atoms with Crippen LogP contribution in [0.2, 0.25) is 0 Å². The van der Waals surface area contributed by atoms with Crippen molar-refractivity contribution in [1.82, 2.24) is 0 Å². The molecule has 0 aromatic heterocycles. The van der Waals surface area contributed by atoms with Gasteiger partial charge in [0.05, 0.1) is 0 Å². The molecule has 0 unspecified atom stereocenters. The van der Waals surface area contributed by atoms with E-state index in [0.717, 1.165) is 0 Å². The van der Waals surface area contributed by atoms with Gasteiger partial charge < -0.3 is 14.9 Å². The van der Waals surface area contributed by atoms with Gasteiger partial charge in [-0.3, -0.25) is 0 Å². The molecule has 0 saturated heterocycles. The van der Waals surface area contributed by atoms with Gasteiger partial charge in [-0.1, -0.05) is 6.07 Å². The molecule has 0 spiro atoms. The van der Waals surface area contributed by atoms with Gasteiger partial charge in [-0.2, -0.15) is 0 Å². The monoisotopic (exact) mass is 151 g/mol. The van der Waals surface area contributed by atoms with Gasteiger partial charge in [0, 0.05) is 0 Å². The minimum Gasteiger partial charge on any atom is -0.504 e. The maximum Gasteiger partial charge on any atom is 0.292 e. The van der Waals surface area contributed by atoms with Gasteiger partial charge in [0.15, 0.2) is 11.5 Å². The van der Waals surface area contributed by atoms with E-state index in [-0.39, 0.29) is 17.2 Å². The van der Waals surface area contributed by atoms with E-state index < -0.39 is 0 Å². The van der Waals surface area contributed by atoms with Crippen LogP contribution in [0.15, 0.2) is 18.2 Å². The van der Waals surface area contributed by atoms with Crippen LogP contribution in [-0.4, -0.2) is 10.2 Å². The van der Waals surface area contributed by atoms with E-state index in [1.165, 1.54) is 24.5 Å². The molecule has 4 nitrogen and oxygen atoms in total. The van der Waals surface area contributed by atoms with Crippen LogP contribution in [0.5, 0.6) is 17.2 Å². The van der Waals surface area contributed by atoms with Crippen molar-refractivity contribution >= 4 is 0 Å². The molecule has 0 aliphatic heterocycles. The lowest BCUT2D eigenvalue weighted by molar-refractivity contribution is 0.384. The van der Waals surface area contributed by atoms with Crippen LogP contribution < -0.4 is 4.74 Å². The topological polar surface area (TPSA) is 73.5 Å². The number of benzene rings is 1. The Labute approximate surface area is 62.9 Å². The molecule has 0 heterocycles. The molecule has 0 bridgehead atoms. The van der Waals surface area contributed by atoms with Gasteiger partial charge >= 0.3 is 0 Å². The summed E-state index contributed by atoms with van der Waals surface area (Å²) in [6.07, 6.45) is 1.35. The van der Waals surface area contributed by atoms with Crippen molar-refractivity contribution in [2.24, 2.45) is 0 Å². The summed E-state index contributed by atoms with van der Waals surface area (Å²) >= 11 is 0. The molecule has 0 fully saturated rings. The van der Waals surface area contributed by atoms with Crippen LogP contribution in [0.4, 0.5) is 0 Å². The number of hydrogen-bond acceptors (Lipinski definition) is 4. The number of aromatic hydroxyl groups is 2. The lowest BCUT2D eigenvalue weighted by Gasteiger charge is -2.00. The van der Waals surface area contributed by atoms with E-state index >= 15 is 0 Å². The number of phenolic OH excluding ortho intramolecular Hbond substituents is 2. The highest BCUT2D eigenvalue weighted by molar-refractivity contribution is 5.49. The molecule has 0 aliphatic rings. The maximum atomic E-state index is 8.99. The molecule has 0 amide bonds. The van der Waals surface area contributed by atoms with Crippen molar-refractivity contribution in [3.05, 3.63) is 18.2 Å². The first kappa shape index (κ1) is 7.22. The van der Waals surface area contributed by atoms with Gasteiger partial charge in [0.25, 0.3) is 6.26 Å². The van der Waals surface area contributed by atoms with Crippen LogP contribution >= 0.6 is 0 Å². The van der Waals surface area contributed by atoms with E-state index in [1.54, 1.807) is 0 Å². The fourth-order valence-corrected chi connectivity index (χ4v) is 0.663. The quantitative estimate of drug-likeness (QED) is 0.586. The largest absolute Gasteiger partial charge is 0.504 e. The molecule has 1 rings (SSSR count). The number of para-hydroxylation sites is 1. The summed E-state index contributed by atoms with van der Waals surface area (Å²) in [6.45, 7) is 0. The second kappa shape index (κ2) is 2.80. The highest BCUT2D eigenvalue weighted by Gasteiger charge is 2.06. The summed E-state index contributed by atoms with van der Waals surface area (Å²) < 4.78 is 4.27. The summed E-state index contributed by atoms with van der Waals surface area (Å²) in [5.74, 6) is -0.729. The average Bonchev–Trinajstić information content (AvgIpc) is 1.97. The number of ether oxygens (including phenoxy) is 1. The molecule has 4 heteroatoms. The van der Waals surface area contributed by atoms with Gasteiger partial charge in [-0.25, -0.2) is 0 Å². The standard InChI is InChI=1S/C7H5NO3/c8-4-11-7-5(9)2-1-3-6(7)10/h1-3,9-10H. The fourth-order valence-electron chi connectivity index (χ4n) is 0.663. The second-order valence-electron chi connectivity index (χ2n) is 1.82. The smallest absolute Gasteiger partial charge is 0.292 e. The van der Waals surface area contributed by atoms with Crippen molar-refractivity contribution in [2.45, 2.75) is 0 Å². The Balaban J connectivity index is 3.12. The third kappa shape index (κ3) is 1.33. The van der Waals surface area contributed by atoms with Crippen LogP contribution in [0.25, 0.3) is 0 Å². The van der Waals surface area contributed by atoms with Crippen LogP contribution in [0.3, 0.4) is 0 Å². The predicted molar refractivity (Wildman–Crippen MR) is 36.0 cm³/mol.